The summed E-state index contributed by atoms with van der Waals surface area (Å²) >= 11 is 11.8. The molecule has 0 spiro atoms. The molecule has 3 N–H and O–H groups in total. The number of nitrogens with one attached hydrogen (secondary N) is 1. The molecule has 20 heavy (non-hydrogen) atoms. The molecule has 1 heterocycles. The smallest absolute Gasteiger partial charge is 0.244 e. The predicted octanol–water partition coefficient (Wildman–Crippen LogP) is 2.12. The Morgan fingerprint density at radius 1 is 1.40 bits per heavy atom. The van der Waals surface area contributed by atoms with Crippen molar-refractivity contribution in [3.05, 3.63) is 40.1 Å². The molecule has 0 amide bonds. The van der Waals surface area contributed by atoms with Gasteiger partial charge in [-0.2, -0.15) is 9.40 Å². The second-order valence-electron chi connectivity index (χ2n) is 4.14. The molecule has 0 fully saturated rings. The maximum absolute atomic E-state index is 12.5. The maximum atomic E-state index is 12.5. The van der Waals surface area contributed by atoms with Gasteiger partial charge in [-0.15, -0.1) is 0 Å². The van der Waals surface area contributed by atoms with Gasteiger partial charge >= 0.3 is 0 Å². The van der Waals surface area contributed by atoms with Crippen molar-refractivity contribution in [3.8, 4) is 0 Å². The average Bonchev–Trinajstić information content (AvgIpc) is 2.88. The lowest BCUT2D eigenvalue weighted by molar-refractivity contribution is 0.467. The minimum absolute atomic E-state index is 0.0473. The van der Waals surface area contributed by atoms with Crippen LogP contribution in [0.1, 0.15) is 5.56 Å². The first-order valence-electron chi connectivity index (χ1n) is 5.51. The van der Waals surface area contributed by atoms with Gasteiger partial charge in [0.2, 0.25) is 10.0 Å². The molecule has 0 radical (unpaired) electrons. The Kier molecular flexibility index (Phi) is 4.24. The van der Waals surface area contributed by atoms with Gasteiger partial charge in [0, 0.05) is 25.4 Å². The van der Waals surface area contributed by atoms with Crippen LogP contribution in [0, 0.1) is 0 Å². The van der Waals surface area contributed by atoms with Crippen LogP contribution < -0.4 is 5.73 Å². The van der Waals surface area contributed by atoms with Gasteiger partial charge in [-0.05, 0) is 12.1 Å². The van der Waals surface area contributed by atoms with E-state index in [0.717, 1.165) is 9.87 Å². The quantitative estimate of drug-likeness (QED) is 0.837. The third-order valence-corrected chi connectivity index (χ3v) is 5.43. The zero-order valence-electron chi connectivity index (χ0n) is 10.5. The van der Waals surface area contributed by atoms with Crippen molar-refractivity contribution in [3.63, 3.8) is 0 Å². The van der Waals surface area contributed by atoms with Gasteiger partial charge in [0.1, 0.15) is 4.90 Å². The molecular formula is C11H12Cl2N4O2S. The van der Waals surface area contributed by atoms with Crippen LogP contribution in [-0.2, 0) is 16.6 Å². The standard InChI is InChI=1S/C11H12Cl2N4O2S/c1-17(6-7-4-15-16-5-7)20(18,19)9-3-2-8(12)11(14)10(9)13/h2-5H,6,14H2,1H3,(H,15,16). The number of rotatable bonds is 4. The molecule has 0 aliphatic heterocycles. The number of nitrogen functional groups attached to an aromatic ring is 1. The molecule has 2 aromatic rings. The molecule has 6 nitrogen and oxygen atoms in total. The minimum atomic E-state index is -3.76. The van der Waals surface area contributed by atoms with E-state index >= 15 is 0 Å². The fraction of sp³-hybridized carbons (Fsp3) is 0.182. The molecule has 0 unspecified atom stereocenters. The first-order chi connectivity index (χ1) is 9.34. The van der Waals surface area contributed by atoms with Gasteiger partial charge in [-0.1, -0.05) is 23.2 Å². The fourth-order valence-corrected chi connectivity index (χ4v) is 3.52. The number of nitrogens with two attached hydrogens (primary N) is 1. The average molecular weight is 335 g/mol. The first kappa shape index (κ1) is 15.1. The number of H-pyrrole nitrogens is 1. The molecule has 0 saturated carbocycles. The Labute approximate surface area is 126 Å². The lowest BCUT2D eigenvalue weighted by atomic mass is 10.3. The molecule has 1 aromatic heterocycles. The molecule has 0 atom stereocenters. The normalized spacial score (nSPS) is 12.0. The number of benzene rings is 1. The third-order valence-electron chi connectivity index (χ3n) is 2.74. The van der Waals surface area contributed by atoms with Crippen molar-refractivity contribution in [2.75, 3.05) is 12.8 Å². The summed E-state index contributed by atoms with van der Waals surface area (Å²) in [4.78, 5) is -0.0768. The summed E-state index contributed by atoms with van der Waals surface area (Å²) in [5, 5.41) is 6.52. The van der Waals surface area contributed by atoms with Crippen LogP contribution >= 0.6 is 23.2 Å². The van der Waals surface area contributed by atoms with Crippen LogP contribution in [-0.4, -0.2) is 30.0 Å². The lowest BCUT2D eigenvalue weighted by Gasteiger charge is -2.18. The summed E-state index contributed by atoms with van der Waals surface area (Å²) in [5.41, 5.74) is 6.43. The number of aromatic nitrogens is 2. The molecule has 2 rings (SSSR count). The van der Waals surface area contributed by atoms with Crippen LogP contribution in [0.4, 0.5) is 5.69 Å². The van der Waals surface area contributed by atoms with E-state index in [1.807, 2.05) is 0 Å². The second kappa shape index (κ2) is 5.61. The monoisotopic (exact) mass is 334 g/mol. The van der Waals surface area contributed by atoms with E-state index in [9.17, 15) is 8.42 Å². The number of hydrogen-bond acceptors (Lipinski definition) is 4. The number of nitrogens with zero attached hydrogens (tertiary/aromatic N) is 2. The van der Waals surface area contributed by atoms with E-state index in [0.29, 0.717) is 0 Å². The van der Waals surface area contributed by atoms with Crippen molar-refractivity contribution < 1.29 is 8.42 Å². The largest absolute Gasteiger partial charge is 0.396 e. The molecule has 108 valence electrons. The summed E-state index contributed by atoms with van der Waals surface area (Å²) in [6.45, 7) is 0.164. The molecule has 0 saturated heterocycles. The minimum Gasteiger partial charge on any atom is -0.396 e. The number of aromatic amines is 1. The Bertz CT molecular complexity index is 716. The van der Waals surface area contributed by atoms with Gasteiger partial charge < -0.3 is 5.73 Å². The van der Waals surface area contributed by atoms with Gasteiger partial charge in [-0.25, -0.2) is 8.42 Å². The Morgan fingerprint density at radius 3 is 2.70 bits per heavy atom. The highest BCUT2D eigenvalue weighted by Gasteiger charge is 2.25. The molecular weight excluding hydrogens is 323 g/mol. The van der Waals surface area contributed by atoms with Crippen molar-refractivity contribution >= 4 is 38.9 Å². The molecule has 0 aliphatic carbocycles. The number of halogens is 2. The van der Waals surface area contributed by atoms with Crippen LogP contribution in [0.5, 0.6) is 0 Å². The van der Waals surface area contributed by atoms with Crippen LogP contribution in [0.3, 0.4) is 0 Å². The predicted molar refractivity (Wildman–Crippen MR) is 78.1 cm³/mol. The van der Waals surface area contributed by atoms with Gasteiger partial charge in [0.25, 0.3) is 0 Å². The maximum Gasteiger partial charge on any atom is 0.244 e. The molecule has 0 aliphatic rings. The van der Waals surface area contributed by atoms with Crippen molar-refractivity contribution in [2.45, 2.75) is 11.4 Å². The van der Waals surface area contributed by atoms with Gasteiger partial charge in [0.05, 0.1) is 21.9 Å². The van der Waals surface area contributed by atoms with E-state index in [1.165, 1.54) is 19.2 Å². The summed E-state index contributed by atoms with van der Waals surface area (Å²) in [7, 11) is -2.32. The zero-order valence-corrected chi connectivity index (χ0v) is 12.8. The summed E-state index contributed by atoms with van der Waals surface area (Å²) in [5.74, 6) is 0. The third kappa shape index (κ3) is 2.76. The van der Waals surface area contributed by atoms with E-state index in [4.69, 9.17) is 28.9 Å². The molecule has 9 heteroatoms. The second-order valence-corrected chi connectivity index (χ2v) is 6.94. The van der Waals surface area contributed by atoms with Crippen molar-refractivity contribution in [1.82, 2.24) is 14.5 Å². The van der Waals surface area contributed by atoms with Crippen LogP contribution in [0.25, 0.3) is 0 Å². The highest BCUT2D eigenvalue weighted by molar-refractivity contribution is 7.89. The Balaban J connectivity index is 2.37. The summed E-state index contributed by atoms with van der Waals surface area (Å²) in [6.07, 6.45) is 3.16. The lowest BCUT2D eigenvalue weighted by Crippen LogP contribution is -2.26. The van der Waals surface area contributed by atoms with Crippen molar-refractivity contribution in [2.24, 2.45) is 0 Å². The van der Waals surface area contributed by atoms with Gasteiger partial charge in [-0.3, -0.25) is 5.10 Å². The van der Waals surface area contributed by atoms with Crippen molar-refractivity contribution in [1.29, 1.82) is 0 Å². The highest BCUT2D eigenvalue weighted by Crippen LogP contribution is 2.34. The van der Waals surface area contributed by atoms with E-state index < -0.39 is 10.0 Å². The molecule has 1 aromatic carbocycles. The summed E-state index contributed by atoms with van der Waals surface area (Å²) in [6, 6.07) is 2.74. The van der Waals surface area contributed by atoms with E-state index in [-0.39, 0.29) is 27.2 Å². The Hall–Kier alpha value is -1.28. The highest BCUT2D eigenvalue weighted by atomic mass is 35.5. The topological polar surface area (TPSA) is 92.1 Å². The van der Waals surface area contributed by atoms with Crippen LogP contribution in [0.2, 0.25) is 10.0 Å². The Morgan fingerprint density at radius 2 is 2.10 bits per heavy atom. The van der Waals surface area contributed by atoms with E-state index in [2.05, 4.69) is 10.2 Å². The van der Waals surface area contributed by atoms with Gasteiger partial charge in [0.15, 0.2) is 0 Å². The fourth-order valence-electron chi connectivity index (χ4n) is 1.62. The zero-order chi connectivity index (χ0) is 14.9. The summed E-state index contributed by atoms with van der Waals surface area (Å²) < 4.78 is 26.1. The number of hydrogen-bond donors (Lipinski definition) is 2. The number of sulfonamides is 1. The first-order valence-corrected chi connectivity index (χ1v) is 7.71. The van der Waals surface area contributed by atoms with Crippen LogP contribution in [0.15, 0.2) is 29.4 Å². The SMILES string of the molecule is CN(Cc1cn[nH]c1)S(=O)(=O)c1ccc(Cl)c(N)c1Cl. The van der Waals surface area contributed by atoms with E-state index in [1.54, 1.807) is 12.4 Å². The number of anilines is 1. The molecule has 0 bridgehead atoms.